The average molecular weight is 446 g/mol. The van der Waals surface area contributed by atoms with Crippen molar-refractivity contribution >= 4 is 11.7 Å². The van der Waals surface area contributed by atoms with Crippen LogP contribution >= 0.6 is 0 Å². The van der Waals surface area contributed by atoms with Gasteiger partial charge in [-0.1, -0.05) is 30.3 Å². The molecule has 0 aliphatic heterocycles. The molecular formula is C27H27NO5. The fourth-order valence-electron chi connectivity index (χ4n) is 3.54. The van der Waals surface area contributed by atoms with Crippen LogP contribution in [-0.2, 0) is 0 Å². The fourth-order valence-corrected chi connectivity index (χ4v) is 3.54. The number of aliphatic hydroxyl groups is 2. The number of hydrogen-bond acceptors (Lipinski definition) is 5. The van der Waals surface area contributed by atoms with Crippen molar-refractivity contribution in [2.24, 2.45) is 0 Å². The minimum Gasteiger partial charge on any atom is -0.491 e. The van der Waals surface area contributed by atoms with Crippen LogP contribution in [0.4, 0.5) is 0 Å². The van der Waals surface area contributed by atoms with Crippen LogP contribution < -0.4 is 10.1 Å². The average Bonchev–Trinajstić information content (AvgIpc) is 3.66. The fraction of sp³-hybridized carbons (Fsp3) is 0.259. The van der Waals surface area contributed by atoms with Gasteiger partial charge in [0.2, 0.25) is 0 Å². The Morgan fingerprint density at radius 3 is 2.15 bits per heavy atom. The molecule has 3 N–H and O–H groups in total. The Balaban J connectivity index is 1.43. The van der Waals surface area contributed by atoms with E-state index in [1.165, 1.54) is 0 Å². The van der Waals surface area contributed by atoms with Gasteiger partial charge in [-0.05, 0) is 72.9 Å². The van der Waals surface area contributed by atoms with Gasteiger partial charge in [-0.3, -0.25) is 9.59 Å². The predicted molar refractivity (Wildman–Crippen MR) is 126 cm³/mol. The predicted octanol–water partition coefficient (Wildman–Crippen LogP) is 3.52. The first-order chi connectivity index (χ1) is 15.9. The summed E-state index contributed by atoms with van der Waals surface area (Å²) in [6.07, 6.45) is 1.17. The molecule has 4 rings (SSSR count). The van der Waals surface area contributed by atoms with Gasteiger partial charge in [0.15, 0.2) is 5.78 Å². The molecule has 1 aliphatic rings. The van der Waals surface area contributed by atoms with Crippen molar-refractivity contribution in [3.05, 3.63) is 89.0 Å². The number of aliphatic hydroxyl groups excluding tert-OH is 2. The van der Waals surface area contributed by atoms with Crippen molar-refractivity contribution < 1.29 is 24.5 Å². The van der Waals surface area contributed by atoms with Crippen LogP contribution in [-0.4, -0.2) is 47.3 Å². The normalized spacial score (nSPS) is 13.9. The summed E-state index contributed by atoms with van der Waals surface area (Å²) in [5.41, 5.74) is 4.75. The minimum absolute atomic E-state index is 0.0170. The number of nitrogens with one attached hydrogen (secondary N) is 1. The molecule has 1 aliphatic carbocycles. The summed E-state index contributed by atoms with van der Waals surface area (Å²) in [5, 5.41) is 21.2. The molecule has 0 heterocycles. The van der Waals surface area contributed by atoms with Crippen molar-refractivity contribution in [1.82, 2.24) is 5.32 Å². The number of carbonyl (C=O) groups excluding carboxylic acids is 2. The number of ketones is 1. The molecule has 33 heavy (non-hydrogen) atoms. The van der Waals surface area contributed by atoms with E-state index in [0.29, 0.717) is 28.5 Å². The van der Waals surface area contributed by atoms with Crippen molar-refractivity contribution in [1.29, 1.82) is 0 Å². The number of amides is 1. The summed E-state index contributed by atoms with van der Waals surface area (Å²) in [6, 6.07) is 20.1. The van der Waals surface area contributed by atoms with E-state index in [1.807, 2.05) is 37.3 Å². The third kappa shape index (κ3) is 5.66. The van der Waals surface area contributed by atoms with Gasteiger partial charge in [0.1, 0.15) is 18.5 Å². The molecule has 0 radical (unpaired) electrons. The standard InChI is InChI=1S/C27H27NO5/c1-17-14-21(27(32)28-22-9-10-22)8-13-25(17)18-2-4-19(5-3-18)26(31)20-6-11-24(12-7-20)33-16-23(30)15-29/h2-8,11-14,22-23,29-30H,9-10,15-16H2,1H3,(H,28,32). The van der Waals surface area contributed by atoms with Crippen molar-refractivity contribution in [3.8, 4) is 16.9 Å². The van der Waals surface area contributed by atoms with Gasteiger partial charge in [-0.2, -0.15) is 0 Å². The smallest absolute Gasteiger partial charge is 0.251 e. The summed E-state index contributed by atoms with van der Waals surface area (Å²) in [7, 11) is 0. The lowest BCUT2D eigenvalue weighted by molar-refractivity contribution is 0.0536. The third-order valence-electron chi connectivity index (χ3n) is 5.63. The lowest BCUT2D eigenvalue weighted by Gasteiger charge is -2.11. The van der Waals surface area contributed by atoms with Gasteiger partial charge in [0, 0.05) is 22.7 Å². The van der Waals surface area contributed by atoms with Gasteiger partial charge in [0.05, 0.1) is 6.61 Å². The lowest BCUT2D eigenvalue weighted by Crippen LogP contribution is -2.25. The van der Waals surface area contributed by atoms with Gasteiger partial charge in [0.25, 0.3) is 5.91 Å². The molecule has 0 saturated heterocycles. The van der Waals surface area contributed by atoms with E-state index in [0.717, 1.165) is 29.5 Å². The van der Waals surface area contributed by atoms with E-state index in [2.05, 4.69) is 5.32 Å². The van der Waals surface area contributed by atoms with Crippen LogP contribution in [0.5, 0.6) is 5.75 Å². The summed E-state index contributed by atoms with van der Waals surface area (Å²) < 4.78 is 5.37. The maximum absolute atomic E-state index is 12.8. The van der Waals surface area contributed by atoms with Crippen LogP contribution in [0.25, 0.3) is 11.1 Å². The molecule has 0 bridgehead atoms. The molecule has 6 nitrogen and oxygen atoms in total. The van der Waals surface area contributed by atoms with E-state index in [-0.39, 0.29) is 24.9 Å². The molecule has 1 saturated carbocycles. The Morgan fingerprint density at radius 1 is 0.970 bits per heavy atom. The zero-order chi connectivity index (χ0) is 23.4. The van der Waals surface area contributed by atoms with Gasteiger partial charge < -0.3 is 20.3 Å². The summed E-state index contributed by atoms with van der Waals surface area (Å²) in [6.45, 7) is 1.59. The summed E-state index contributed by atoms with van der Waals surface area (Å²) in [5.74, 6) is 0.375. The highest BCUT2D eigenvalue weighted by Gasteiger charge is 2.24. The zero-order valence-corrected chi connectivity index (χ0v) is 18.5. The first-order valence-electron chi connectivity index (χ1n) is 11.0. The van der Waals surface area contributed by atoms with E-state index in [1.54, 1.807) is 36.4 Å². The number of rotatable bonds is 9. The third-order valence-corrected chi connectivity index (χ3v) is 5.63. The second-order valence-electron chi connectivity index (χ2n) is 8.36. The molecule has 3 aromatic carbocycles. The number of carbonyl (C=O) groups is 2. The first kappa shape index (κ1) is 22.7. The molecule has 1 amide bonds. The second kappa shape index (κ2) is 9.98. The molecule has 0 spiro atoms. The van der Waals surface area contributed by atoms with Crippen LogP contribution in [0, 0.1) is 6.92 Å². The van der Waals surface area contributed by atoms with Crippen molar-refractivity contribution in [2.75, 3.05) is 13.2 Å². The van der Waals surface area contributed by atoms with Gasteiger partial charge >= 0.3 is 0 Å². The molecule has 1 fully saturated rings. The molecular weight excluding hydrogens is 418 g/mol. The Morgan fingerprint density at radius 2 is 1.58 bits per heavy atom. The number of benzene rings is 3. The monoisotopic (exact) mass is 445 g/mol. The Labute approximate surface area is 192 Å². The quantitative estimate of drug-likeness (QED) is 0.438. The highest BCUT2D eigenvalue weighted by atomic mass is 16.5. The summed E-state index contributed by atoms with van der Waals surface area (Å²) >= 11 is 0. The molecule has 3 aromatic rings. The van der Waals surface area contributed by atoms with Crippen LogP contribution in [0.2, 0.25) is 0 Å². The number of hydrogen-bond donors (Lipinski definition) is 3. The molecule has 170 valence electrons. The Kier molecular flexibility index (Phi) is 6.87. The number of ether oxygens (including phenoxy) is 1. The maximum Gasteiger partial charge on any atom is 0.251 e. The first-order valence-corrected chi connectivity index (χ1v) is 11.0. The summed E-state index contributed by atoms with van der Waals surface area (Å²) in [4.78, 5) is 25.1. The maximum atomic E-state index is 12.8. The van der Waals surface area contributed by atoms with Crippen molar-refractivity contribution in [3.63, 3.8) is 0 Å². The number of aryl methyl sites for hydroxylation is 1. The van der Waals surface area contributed by atoms with E-state index in [4.69, 9.17) is 9.84 Å². The largest absolute Gasteiger partial charge is 0.491 e. The van der Waals surface area contributed by atoms with Crippen LogP contribution in [0.3, 0.4) is 0 Å². The van der Waals surface area contributed by atoms with Crippen LogP contribution in [0.1, 0.15) is 44.7 Å². The molecule has 0 aromatic heterocycles. The zero-order valence-electron chi connectivity index (χ0n) is 18.5. The minimum atomic E-state index is -0.940. The highest BCUT2D eigenvalue weighted by Crippen LogP contribution is 2.26. The topological polar surface area (TPSA) is 95.9 Å². The lowest BCUT2D eigenvalue weighted by atomic mass is 9.95. The van der Waals surface area contributed by atoms with E-state index >= 15 is 0 Å². The molecule has 1 unspecified atom stereocenters. The molecule has 6 heteroatoms. The van der Waals surface area contributed by atoms with Crippen molar-refractivity contribution in [2.45, 2.75) is 31.9 Å². The van der Waals surface area contributed by atoms with Crippen LogP contribution in [0.15, 0.2) is 66.7 Å². The van der Waals surface area contributed by atoms with E-state index in [9.17, 15) is 14.7 Å². The van der Waals surface area contributed by atoms with Gasteiger partial charge in [-0.25, -0.2) is 0 Å². The SMILES string of the molecule is Cc1cc(C(=O)NC2CC2)ccc1-c1ccc(C(=O)c2ccc(OCC(O)CO)cc2)cc1. The Hall–Kier alpha value is -3.48. The highest BCUT2D eigenvalue weighted by molar-refractivity contribution is 6.09. The van der Waals surface area contributed by atoms with Gasteiger partial charge in [-0.15, -0.1) is 0 Å². The second-order valence-corrected chi connectivity index (χ2v) is 8.36. The Bertz CT molecular complexity index is 1130. The van der Waals surface area contributed by atoms with E-state index < -0.39 is 6.10 Å². The molecule has 1 atom stereocenters.